The van der Waals surface area contributed by atoms with Gasteiger partial charge in [0.1, 0.15) is 0 Å². The van der Waals surface area contributed by atoms with Crippen LogP contribution in [0.2, 0.25) is 0 Å². The molecule has 0 bridgehead atoms. The zero-order valence-corrected chi connectivity index (χ0v) is 5.68. The van der Waals surface area contributed by atoms with E-state index >= 15 is 0 Å². The summed E-state index contributed by atoms with van der Waals surface area (Å²) in [6.07, 6.45) is 0. The molecule has 8 heavy (non-hydrogen) atoms. The second-order valence-electron chi connectivity index (χ2n) is 1.53. The van der Waals surface area contributed by atoms with Crippen molar-refractivity contribution in [2.24, 2.45) is 0 Å². The lowest BCUT2D eigenvalue weighted by Gasteiger charge is -1.63. The maximum atomic E-state index is 3.07. The highest BCUT2D eigenvalue weighted by Crippen LogP contribution is 2.24. The van der Waals surface area contributed by atoms with Crippen LogP contribution in [0.4, 0.5) is 0 Å². The first-order chi connectivity index (χ1) is 3.97. The predicted octanol–water partition coefficient (Wildman–Crippen LogP) is 2.76. The van der Waals surface area contributed by atoms with Gasteiger partial charge >= 0.3 is 0 Å². The third-order valence-corrected chi connectivity index (χ3v) is 2.94. The van der Waals surface area contributed by atoms with E-state index in [2.05, 4.69) is 16.8 Å². The van der Waals surface area contributed by atoms with Gasteiger partial charge in [-0.15, -0.1) is 22.7 Å². The van der Waals surface area contributed by atoms with E-state index in [1.165, 1.54) is 9.40 Å². The highest BCUT2D eigenvalue weighted by Gasteiger charge is 1.91. The molecular formula is C6H3S2. The van der Waals surface area contributed by atoms with Gasteiger partial charge in [0.05, 0.1) is 4.01 Å². The van der Waals surface area contributed by atoms with Crippen molar-refractivity contribution in [3.8, 4) is 0 Å². The van der Waals surface area contributed by atoms with Crippen LogP contribution in [0.15, 0.2) is 17.5 Å². The van der Waals surface area contributed by atoms with E-state index in [-0.39, 0.29) is 0 Å². The molecule has 0 saturated heterocycles. The Hall–Kier alpha value is -0.340. The summed E-state index contributed by atoms with van der Waals surface area (Å²) in [5.74, 6) is 0. The van der Waals surface area contributed by atoms with Crippen LogP contribution < -0.4 is 0 Å². The zero-order chi connectivity index (χ0) is 5.40. The van der Waals surface area contributed by atoms with Gasteiger partial charge in [-0.25, -0.2) is 0 Å². The summed E-state index contributed by atoms with van der Waals surface area (Å²) in [4.78, 5) is 0. The molecule has 1 radical (unpaired) electrons. The Bertz CT molecular complexity index is 228. The zero-order valence-electron chi connectivity index (χ0n) is 4.05. The molecule has 0 aromatic carbocycles. The summed E-state index contributed by atoms with van der Waals surface area (Å²) < 4.78 is 1.38. The molecule has 0 aliphatic heterocycles. The lowest BCUT2D eigenvalue weighted by molar-refractivity contribution is 2.09. The van der Waals surface area contributed by atoms with Gasteiger partial charge in [0.25, 0.3) is 0 Å². The number of thiophene rings is 2. The Kier molecular flexibility index (Phi) is 0.889. The van der Waals surface area contributed by atoms with Crippen LogP contribution in [0, 0.1) is 5.38 Å². The number of hydrogen-bond acceptors (Lipinski definition) is 2. The van der Waals surface area contributed by atoms with Crippen LogP contribution in [0.3, 0.4) is 0 Å². The first kappa shape index (κ1) is 4.53. The third kappa shape index (κ3) is 0.501. The topological polar surface area (TPSA) is 0 Å². The van der Waals surface area contributed by atoms with E-state index in [0.717, 1.165) is 0 Å². The van der Waals surface area contributed by atoms with Crippen LogP contribution >= 0.6 is 22.7 Å². The van der Waals surface area contributed by atoms with E-state index < -0.39 is 0 Å². The molecule has 0 atom stereocenters. The van der Waals surface area contributed by atoms with Crippen molar-refractivity contribution in [2.45, 2.75) is 0 Å². The molecule has 2 aromatic rings. The first-order valence-corrected chi connectivity index (χ1v) is 3.99. The molecular weight excluding hydrogens is 136 g/mol. The molecule has 2 rings (SSSR count). The lowest BCUT2D eigenvalue weighted by atomic mass is 10.4. The maximum absolute atomic E-state index is 3.07. The molecule has 0 nitrogen and oxygen atoms in total. The molecule has 2 heterocycles. The van der Waals surface area contributed by atoms with Crippen LogP contribution in [-0.2, 0) is 0 Å². The molecule has 0 amide bonds. The SMILES string of the molecule is [c]1cc2ccsc2s1. The largest absolute Gasteiger partial charge is 0.133 e. The number of rotatable bonds is 0. The van der Waals surface area contributed by atoms with Crippen LogP contribution in [-0.4, -0.2) is 0 Å². The van der Waals surface area contributed by atoms with Crippen LogP contribution in [0.5, 0.6) is 0 Å². The Balaban J connectivity index is 3.06. The normalized spacial score (nSPS) is 10.5. The molecule has 0 fully saturated rings. The van der Waals surface area contributed by atoms with E-state index in [1.807, 2.05) is 6.07 Å². The van der Waals surface area contributed by atoms with Gasteiger partial charge < -0.3 is 0 Å². The minimum absolute atomic E-state index is 1.33. The van der Waals surface area contributed by atoms with Crippen molar-refractivity contribution < 1.29 is 0 Å². The average molecular weight is 139 g/mol. The van der Waals surface area contributed by atoms with Gasteiger partial charge in [0.15, 0.2) is 0 Å². The monoisotopic (exact) mass is 139 g/mol. The highest BCUT2D eigenvalue weighted by molar-refractivity contribution is 7.36. The molecule has 0 saturated carbocycles. The second-order valence-corrected chi connectivity index (χ2v) is 3.55. The molecule has 0 aliphatic rings. The van der Waals surface area contributed by atoms with Crippen molar-refractivity contribution in [3.63, 3.8) is 0 Å². The average Bonchev–Trinajstić information content (AvgIpc) is 2.15. The molecule has 0 spiro atoms. The summed E-state index contributed by atoms with van der Waals surface area (Å²) in [5.41, 5.74) is 0. The molecule has 39 valence electrons. The molecule has 0 N–H and O–H groups in total. The quantitative estimate of drug-likeness (QED) is 0.526. The molecule has 2 heteroatoms. The summed E-state index contributed by atoms with van der Waals surface area (Å²) in [6, 6.07) is 4.14. The Morgan fingerprint density at radius 3 is 3.38 bits per heavy atom. The summed E-state index contributed by atoms with van der Waals surface area (Å²) in [5, 5.41) is 6.51. The van der Waals surface area contributed by atoms with E-state index in [0.29, 0.717) is 0 Å². The number of fused-ring (bicyclic) bond motifs is 1. The molecule has 0 unspecified atom stereocenters. The van der Waals surface area contributed by atoms with E-state index in [1.54, 1.807) is 22.7 Å². The highest BCUT2D eigenvalue weighted by atomic mass is 32.2. The van der Waals surface area contributed by atoms with Gasteiger partial charge in [-0.05, 0) is 17.5 Å². The van der Waals surface area contributed by atoms with E-state index in [9.17, 15) is 0 Å². The minimum Gasteiger partial charge on any atom is -0.133 e. The van der Waals surface area contributed by atoms with Crippen molar-refractivity contribution in [2.75, 3.05) is 0 Å². The fourth-order valence-corrected chi connectivity index (χ4v) is 2.28. The Labute approximate surface area is 55.4 Å². The minimum atomic E-state index is 1.33. The van der Waals surface area contributed by atoms with Gasteiger partial charge in [-0.3, -0.25) is 0 Å². The van der Waals surface area contributed by atoms with Crippen molar-refractivity contribution >= 4 is 32.1 Å². The van der Waals surface area contributed by atoms with Gasteiger partial charge in [-0.1, -0.05) is 0 Å². The van der Waals surface area contributed by atoms with Crippen molar-refractivity contribution in [3.05, 3.63) is 22.9 Å². The Morgan fingerprint density at radius 1 is 1.50 bits per heavy atom. The van der Waals surface area contributed by atoms with Gasteiger partial charge in [-0.2, -0.15) is 0 Å². The van der Waals surface area contributed by atoms with Gasteiger partial charge in [0.2, 0.25) is 0 Å². The first-order valence-electron chi connectivity index (χ1n) is 2.30. The second kappa shape index (κ2) is 1.57. The summed E-state index contributed by atoms with van der Waals surface area (Å²) in [7, 11) is 0. The van der Waals surface area contributed by atoms with Crippen LogP contribution in [0.25, 0.3) is 9.40 Å². The van der Waals surface area contributed by atoms with Crippen molar-refractivity contribution in [1.29, 1.82) is 0 Å². The van der Waals surface area contributed by atoms with E-state index in [4.69, 9.17) is 0 Å². The smallest absolute Gasteiger partial charge is 0.0871 e. The molecule has 2 aromatic heterocycles. The molecule has 0 aliphatic carbocycles. The standard InChI is InChI=1S/C6H3S2/c1-3-7-6-5(1)2-4-8-6/h1-3H. The maximum Gasteiger partial charge on any atom is 0.0871 e. The summed E-state index contributed by atoms with van der Waals surface area (Å²) >= 11 is 3.47. The fourth-order valence-electron chi connectivity index (χ4n) is 0.642. The van der Waals surface area contributed by atoms with Crippen LogP contribution in [0.1, 0.15) is 0 Å². The van der Waals surface area contributed by atoms with Crippen molar-refractivity contribution in [1.82, 2.24) is 0 Å². The predicted molar refractivity (Wildman–Crippen MR) is 38.5 cm³/mol. The third-order valence-electron chi connectivity index (χ3n) is 1.02. The lowest BCUT2D eigenvalue weighted by Crippen LogP contribution is -1.36. The Morgan fingerprint density at radius 2 is 2.50 bits per heavy atom. The van der Waals surface area contributed by atoms with Gasteiger partial charge in [0, 0.05) is 10.8 Å². The number of hydrogen-bond donors (Lipinski definition) is 0. The fraction of sp³-hybridized carbons (Fsp3) is 0. The summed E-state index contributed by atoms with van der Waals surface area (Å²) in [6.45, 7) is 0.